The van der Waals surface area contributed by atoms with E-state index >= 15 is 0 Å². The van der Waals surface area contributed by atoms with Crippen LogP contribution in [0.3, 0.4) is 0 Å². The summed E-state index contributed by atoms with van der Waals surface area (Å²) < 4.78 is 0. The Balaban J connectivity index is 2.61. The molecule has 1 heterocycles. The minimum absolute atomic E-state index is 0.0834. The molecule has 78 valence electrons. The first-order valence-electron chi connectivity index (χ1n) is 5.22. The van der Waals surface area contributed by atoms with Gasteiger partial charge in [0.25, 0.3) is 0 Å². The lowest BCUT2D eigenvalue weighted by molar-refractivity contribution is 0.176. The van der Waals surface area contributed by atoms with Crippen molar-refractivity contribution < 1.29 is 0 Å². The molecule has 0 atom stereocenters. The SMILES string of the molecule is [CH]C#CC(C)(C)N1CCCN(C)CC1. The number of hydrogen-bond acceptors (Lipinski definition) is 2. The van der Waals surface area contributed by atoms with Crippen LogP contribution in [-0.4, -0.2) is 48.6 Å². The Labute approximate surface area is 88.3 Å². The van der Waals surface area contributed by atoms with Gasteiger partial charge in [0.1, 0.15) is 0 Å². The van der Waals surface area contributed by atoms with Crippen molar-refractivity contribution in [1.82, 2.24) is 9.80 Å². The average molecular weight is 192 g/mol. The second-order valence-corrected chi connectivity index (χ2v) is 4.47. The first-order chi connectivity index (χ1) is 6.56. The van der Waals surface area contributed by atoms with Gasteiger partial charge < -0.3 is 4.90 Å². The van der Waals surface area contributed by atoms with Gasteiger partial charge in [0, 0.05) is 19.6 Å². The second-order valence-electron chi connectivity index (χ2n) is 4.47. The molecule has 2 radical (unpaired) electrons. The molecule has 2 nitrogen and oxygen atoms in total. The van der Waals surface area contributed by atoms with Crippen LogP contribution in [0.4, 0.5) is 0 Å². The Morgan fingerprint density at radius 3 is 2.50 bits per heavy atom. The molecule has 1 fully saturated rings. The van der Waals surface area contributed by atoms with Gasteiger partial charge in [0.15, 0.2) is 0 Å². The molecule has 1 rings (SSSR count). The van der Waals surface area contributed by atoms with Crippen LogP contribution in [0.5, 0.6) is 0 Å². The van der Waals surface area contributed by atoms with Crippen molar-refractivity contribution in [1.29, 1.82) is 0 Å². The van der Waals surface area contributed by atoms with Crippen molar-refractivity contribution in [2.45, 2.75) is 25.8 Å². The number of nitrogens with zero attached hydrogens (tertiary/aromatic N) is 2. The highest BCUT2D eigenvalue weighted by molar-refractivity contribution is 5.16. The topological polar surface area (TPSA) is 6.48 Å². The van der Waals surface area contributed by atoms with Crippen LogP contribution in [0, 0.1) is 18.8 Å². The molecule has 0 saturated carbocycles. The molecule has 0 unspecified atom stereocenters. The van der Waals surface area contributed by atoms with Gasteiger partial charge >= 0.3 is 0 Å². The summed E-state index contributed by atoms with van der Waals surface area (Å²) in [5.41, 5.74) is -0.0834. The molecule has 0 aromatic heterocycles. The van der Waals surface area contributed by atoms with Gasteiger partial charge in [-0.1, -0.05) is 11.8 Å². The smallest absolute Gasteiger partial charge is 0.0769 e. The fourth-order valence-corrected chi connectivity index (χ4v) is 1.86. The minimum Gasteiger partial charge on any atom is -0.305 e. The third kappa shape index (κ3) is 3.01. The zero-order valence-electron chi connectivity index (χ0n) is 9.51. The highest BCUT2D eigenvalue weighted by Crippen LogP contribution is 2.15. The van der Waals surface area contributed by atoms with E-state index in [0.29, 0.717) is 0 Å². The van der Waals surface area contributed by atoms with E-state index in [1.54, 1.807) is 0 Å². The zero-order valence-corrected chi connectivity index (χ0v) is 9.51. The zero-order chi connectivity index (χ0) is 10.6. The Morgan fingerprint density at radius 2 is 1.86 bits per heavy atom. The van der Waals surface area contributed by atoms with Crippen LogP contribution >= 0.6 is 0 Å². The van der Waals surface area contributed by atoms with Crippen molar-refractivity contribution >= 4 is 0 Å². The van der Waals surface area contributed by atoms with Crippen LogP contribution in [-0.2, 0) is 0 Å². The molecule has 0 N–H and O–H groups in total. The number of rotatable bonds is 1. The largest absolute Gasteiger partial charge is 0.305 e. The predicted octanol–water partition coefficient (Wildman–Crippen LogP) is 1.12. The summed E-state index contributed by atoms with van der Waals surface area (Å²) in [4.78, 5) is 4.78. The molecular weight excluding hydrogens is 172 g/mol. The van der Waals surface area contributed by atoms with Crippen molar-refractivity contribution in [3.8, 4) is 11.8 Å². The molecule has 0 aliphatic carbocycles. The fraction of sp³-hybridized carbons (Fsp3) is 0.750. The molecule has 0 spiro atoms. The van der Waals surface area contributed by atoms with E-state index in [0.717, 1.165) is 19.6 Å². The average Bonchev–Trinajstić information content (AvgIpc) is 2.30. The third-order valence-electron chi connectivity index (χ3n) is 2.89. The van der Waals surface area contributed by atoms with Crippen LogP contribution in [0.15, 0.2) is 0 Å². The van der Waals surface area contributed by atoms with Gasteiger partial charge in [-0.3, -0.25) is 4.90 Å². The van der Waals surface area contributed by atoms with Gasteiger partial charge in [0.05, 0.1) is 12.5 Å². The molecule has 2 heteroatoms. The Hall–Kier alpha value is -0.520. The maximum atomic E-state index is 5.29. The summed E-state index contributed by atoms with van der Waals surface area (Å²) in [5.74, 6) is 5.60. The standard InChI is InChI=1S/C12H20N2/c1-5-7-12(2,3)14-9-6-8-13(4)10-11-14/h1H,6,8-11H2,2-4H3. The van der Waals surface area contributed by atoms with E-state index in [9.17, 15) is 0 Å². The third-order valence-corrected chi connectivity index (χ3v) is 2.89. The monoisotopic (exact) mass is 192 g/mol. The first kappa shape index (κ1) is 11.6. The molecule has 14 heavy (non-hydrogen) atoms. The van der Waals surface area contributed by atoms with E-state index in [4.69, 9.17) is 6.92 Å². The summed E-state index contributed by atoms with van der Waals surface area (Å²) in [6.45, 7) is 14.1. The molecule has 0 amide bonds. The van der Waals surface area contributed by atoms with Crippen LogP contribution < -0.4 is 0 Å². The quantitative estimate of drug-likeness (QED) is 0.574. The Kier molecular flexibility index (Phi) is 3.97. The van der Waals surface area contributed by atoms with Gasteiger partial charge in [-0.2, -0.15) is 0 Å². The van der Waals surface area contributed by atoms with Gasteiger partial charge in [-0.15, -0.1) is 0 Å². The molecule has 0 aromatic rings. The van der Waals surface area contributed by atoms with E-state index in [1.165, 1.54) is 13.0 Å². The first-order valence-corrected chi connectivity index (χ1v) is 5.22. The summed E-state index contributed by atoms with van der Waals surface area (Å²) in [6.07, 6.45) is 1.21. The predicted molar refractivity (Wildman–Crippen MR) is 59.8 cm³/mol. The van der Waals surface area contributed by atoms with Crippen LogP contribution in [0.1, 0.15) is 20.3 Å². The molecule has 0 aromatic carbocycles. The highest BCUT2D eigenvalue weighted by atomic mass is 15.2. The lowest BCUT2D eigenvalue weighted by Gasteiger charge is -2.33. The van der Waals surface area contributed by atoms with E-state index in [2.05, 4.69) is 42.5 Å². The Bertz CT molecular complexity index is 234. The second kappa shape index (κ2) is 4.82. The van der Waals surface area contributed by atoms with Crippen molar-refractivity contribution in [2.75, 3.05) is 33.2 Å². The molecule has 1 saturated heterocycles. The summed E-state index contributed by atoms with van der Waals surface area (Å²) in [6, 6.07) is 0. The summed E-state index contributed by atoms with van der Waals surface area (Å²) in [7, 11) is 2.17. The maximum absolute atomic E-state index is 5.29. The molecule has 1 aliphatic rings. The number of hydrogen-bond donors (Lipinski definition) is 0. The van der Waals surface area contributed by atoms with Gasteiger partial charge in [-0.25, -0.2) is 0 Å². The van der Waals surface area contributed by atoms with E-state index < -0.39 is 0 Å². The van der Waals surface area contributed by atoms with Gasteiger partial charge in [0.2, 0.25) is 0 Å². The molecule has 0 bridgehead atoms. The van der Waals surface area contributed by atoms with Crippen molar-refractivity contribution in [3.63, 3.8) is 0 Å². The minimum atomic E-state index is -0.0834. The fourth-order valence-electron chi connectivity index (χ4n) is 1.86. The Morgan fingerprint density at radius 1 is 1.14 bits per heavy atom. The van der Waals surface area contributed by atoms with Crippen molar-refractivity contribution in [3.05, 3.63) is 6.92 Å². The number of likely N-dealkylation sites (N-methyl/N-ethyl adjacent to an activating group) is 1. The normalized spacial score (nSPS) is 21.1. The lowest BCUT2D eigenvalue weighted by atomic mass is 10.0. The van der Waals surface area contributed by atoms with E-state index in [1.807, 2.05) is 0 Å². The van der Waals surface area contributed by atoms with Crippen LogP contribution in [0.2, 0.25) is 0 Å². The van der Waals surface area contributed by atoms with Crippen LogP contribution in [0.25, 0.3) is 0 Å². The van der Waals surface area contributed by atoms with Crippen molar-refractivity contribution in [2.24, 2.45) is 0 Å². The summed E-state index contributed by atoms with van der Waals surface area (Å²) >= 11 is 0. The molecule has 1 aliphatic heterocycles. The lowest BCUT2D eigenvalue weighted by Crippen LogP contribution is -2.44. The highest BCUT2D eigenvalue weighted by Gasteiger charge is 2.25. The maximum Gasteiger partial charge on any atom is 0.0769 e. The summed E-state index contributed by atoms with van der Waals surface area (Å²) in [5, 5.41) is 0. The van der Waals surface area contributed by atoms with E-state index in [-0.39, 0.29) is 5.54 Å². The molecular formula is C12H20N2. The van der Waals surface area contributed by atoms with Gasteiger partial charge in [-0.05, 0) is 33.9 Å².